The second kappa shape index (κ2) is 6.95. The van der Waals surface area contributed by atoms with Crippen molar-refractivity contribution in [1.29, 1.82) is 0 Å². The molecular formula is C11H20N4O3. The standard InChI is InChI=1S/C11H20N4O3/c1-14-10(17)9(13-15(2)11(14)18)12-7-5-3-4-6-8-16/h16H,3-8H2,1-2H3,(H,12,13). The molecule has 7 nitrogen and oxygen atoms in total. The Bertz CT molecular complexity index is 492. The molecule has 0 spiro atoms. The number of hydrogen-bond acceptors (Lipinski definition) is 5. The van der Waals surface area contributed by atoms with Crippen LogP contribution in [0.1, 0.15) is 25.7 Å². The lowest BCUT2D eigenvalue weighted by Crippen LogP contribution is -2.40. The molecule has 1 rings (SSSR count). The molecule has 0 aromatic carbocycles. The van der Waals surface area contributed by atoms with Crippen LogP contribution >= 0.6 is 0 Å². The summed E-state index contributed by atoms with van der Waals surface area (Å²) >= 11 is 0. The first-order valence-corrected chi connectivity index (χ1v) is 6.07. The Morgan fingerprint density at radius 1 is 1.17 bits per heavy atom. The van der Waals surface area contributed by atoms with Crippen LogP contribution in [-0.4, -0.2) is 32.6 Å². The van der Waals surface area contributed by atoms with Gasteiger partial charge < -0.3 is 10.4 Å². The van der Waals surface area contributed by atoms with Crippen molar-refractivity contribution in [2.75, 3.05) is 18.5 Å². The predicted molar refractivity (Wildman–Crippen MR) is 68.8 cm³/mol. The van der Waals surface area contributed by atoms with Gasteiger partial charge in [-0.3, -0.25) is 9.36 Å². The molecule has 0 fully saturated rings. The van der Waals surface area contributed by atoms with Crippen molar-refractivity contribution in [2.45, 2.75) is 25.7 Å². The maximum Gasteiger partial charge on any atom is 0.346 e. The molecule has 0 aliphatic carbocycles. The number of nitrogens with one attached hydrogen (secondary N) is 1. The van der Waals surface area contributed by atoms with E-state index in [-0.39, 0.29) is 12.4 Å². The number of unbranched alkanes of at least 4 members (excludes halogenated alkanes) is 3. The van der Waals surface area contributed by atoms with Gasteiger partial charge in [0.25, 0.3) is 5.56 Å². The topological polar surface area (TPSA) is 89.2 Å². The van der Waals surface area contributed by atoms with Gasteiger partial charge in [-0.05, 0) is 12.8 Å². The first-order valence-electron chi connectivity index (χ1n) is 6.07. The number of hydrogen-bond donors (Lipinski definition) is 2. The summed E-state index contributed by atoms with van der Waals surface area (Å²) in [7, 11) is 2.94. The molecule has 0 atom stereocenters. The fourth-order valence-corrected chi connectivity index (χ4v) is 1.61. The molecule has 0 unspecified atom stereocenters. The minimum absolute atomic E-state index is 0.196. The molecule has 102 valence electrons. The van der Waals surface area contributed by atoms with E-state index in [1.165, 1.54) is 14.1 Å². The number of anilines is 1. The SMILES string of the molecule is Cn1nc(NCCCCCCO)c(=O)n(C)c1=O. The quantitative estimate of drug-likeness (QED) is 0.639. The van der Waals surface area contributed by atoms with E-state index in [9.17, 15) is 9.59 Å². The summed E-state index contributed by atoms with van der Waals surface area (Å²) in [5.41, 5.74) is -0.845. The number of rotatable bonds is 7. The maximum atomic E-state index is 11.7. The van der Waals surface area contributed by atoms with Crippen LogP contribution in [-0.2, 0) is 14.1 Å². The molecule has 0 saturated carbocycles. The average molecular weight is 256 g/mol. The van der Waals surface area contributed by atoms with Crippen LogP contribution in [0.3, 0.4) is 0 Å². The maximum absolute atomic E-state index is 11.7. The Morgan fingerprint density at radius 2 is 1.83 bits per heavy atom. The molecular weight excluding hydrogens is 236 g/mol. The summed E-state index contributed by atoms with van der Waals surface area (Å²) in [4.78, 5) is 23.1. The van der Waals surface area contributed by atoms with Crippen molar-refractivity contribution in [2.24, 2.45) is 14.1 Å². The van der Waals surface area contributed by atoms with Gasteiger partial charge in [-0.25, -0.2) is 9.48 Å². The summed E-state index contributed by atoms with van der Waals surface area (Å²) in [5, 5.41) is 15.4. The molecule has 1 aromatic heterocycles. The Morgan fingerprint density at radius 3 is 2.50 bits per heavy atom. The highest BCUT2D eigenvalue weighted by molar-refractivity contribution is 5.29. The number of aromatic nitrogens is 3. The summed E-state index contributed by atoms with van der Waals surface area (Å²) in [6.07, 6.45) is 3.66. The van der Waals surface area contributed by atoms with Gasteiger partial charge in [0.1, 0.15) is 0 Å². The van der Waals surface area contributed by atoms with Crippen LogP contribution in [0.4, 0.5) is 5.82 Å². The third-order valence-electron chi connectivity index (χ3n) is 2.70. The highest BCUT2D eigenvalue weighted by atomic mass is 16.3. The average Bonchev–Trinajstić information content (AvgIpc) is 2.37. The molecule has 0 bridgehead atoms. The highest BCUT2D eigenvalue weighted by Crippen LogP contribution is 1.99. The van der Waals surface area contributed by atoms with Gasteiger partial charge in [-0.15, -0.1) is 5.10 Å². The van der Waals surface area contributed by atoms with Crippen LogP contribution in [0.5, 0.6) is 0 Å². The van der Waals surface area contributed by atoms with Crippen molar-refractivity contribution in [1.82, 2.24) is 14.3 Å². The van der Waals surface area contributed by atoms with Gasteiger partial charge in [-0.1, -0.05) is 12.8 Å². The number of aliphatic hydroxyl groups excluding tert-OH is 1. The second-order valence-electron chi connectivity index (χ2n) is 4.18. The zero-order valence-corrected chi connectivity index (χ0v) is 10.8. The first kappa shape index (κ1) is 14.4. The smallest absolute Gasteiger partial charge is 0.346 e. The van der Waals surface area contributed by atoms with Crippen molar-refractivity contribution in [3.05, 3.63) is 20.8 Å². The van der Waals surface area contributed by atoms with Crippen LogP contribution in [0.15, 0.2) is 9.59 Å². The first-order chi connectivity index (χ1) is 8.57. The molecule has 0 aliphatic rings. The molecule has 1 heterocycles. The Labute approximate surface area is 105 Å². The van der Waals surface area contributed by atoms with E-state index in [1.807, 2.05) is 0 Å². The molecule has 2 N–H and O–H groups in total. The molecule has 18 heavy (non-hydrogen) atoms. The second-order valence-corrected chi connectivity index (χ2v) is 4.18. The minimum atomic E-state index is -0.437. The number of aliphatic hydroxyl groups is 1. The van der Waals surface area contributed by atoms with Crippen molar-refractivity contribution in [3.8, 4) is 0 Å². The van der Waals surface area contributed by atoms with E-state index in [2.05, 4.69) is 10.4 Å². The van der Waals surface area contributed by atoms with E-state index in [0.717, 1.165) is 34.9 Å². The van der Waals surface area contributed by atoms with E-state index in [4.69, 9.17) is 5.11 Å². The van der Waals surface area contributed by atoms with Gasteiger partial charge in [0, 0.05) is 27.2 Å². The minimum Gasteiger partial charge on any atom is -0.396 e. The van der Waals surface area contributed by atoms with Crippen molar-refractivity contribution < 1.29 is 5.11 Å². The molecule has 7 heteroatoms. The van der Waals surface area contributed by atoms with Crippen molar-refractivity contribution >= 4 is 5.82 Å². The summed E-state index contributed by atoms with van der Waals surface area (Å²) < 4.78 is 2.16. The van der Waals surface area contributed by atoms with E-state index in [1.54, 1.807) is 0 Å². The third-order valence-corrected chi connectivity index (χ3v) is 2.70. The molecule has 0 saturated heterocycles. The Balaban J connectivity index is 2.53. The van der Waals surface area contributed by atoms with Crippen LogP contribution < -0.4 is 16.6 Å². The Kier molecular flexibility index (Phi) is 5.57. The molecule has 0 radical (unpaired) electrons. The normalized spacial score (nSPS) is 10.6. The lowest BCUT2D eigenvalue weighted by atomic mass is 10.2. The lowest BCUT2D eigenvalue weighted by molar-refractivity contribution is 0.283. The van der Waals surface area contributed by atoms with Gasteiger partial charge in [0.2, 0.25) is 5.82 Å². The third kappa shape index (κ3) is 3.69. The monoisotopic (exact) mass is 256 g/mol. The van der Waals surface area contributed by atoms with E-state index in [0.29, 0.717) is 6.54 Å². The van der Waals surface area contributed by atoms with E-state index < -0.39 is 11.2 Å². The predicted octanol–water partition coefficient (Wildman–Crippen LogP) is -0.556. The fourth-order valence-electron chi connectivity index (χ4n) is 1.61. The van der Waals surface area contributed by atoms with Crippen molar-refractivity contribution in [3.63, 3.8) is 0 Å². The van der Waals surface area contributed by atoms with E-state index >= 15 is 0 Å². The van der Waals surface area contributed by atoms with Crippen LogP contribution in [0.25, 0.3) is 0 Å². The van der Waals surface area contributed by atoms with Gasteiger partial charge >= 0.3 is 5.69 Å². The highest BCUT2D eigenvalue weighted by Gasteiger charge is 2.07. The summed E-state index contributed by atoms with van der Waals surface area (Å²) in [6.45, 7) is 0.849. The summed E-state index contributed by atoms with van der Waals surface area (Å²) in [6, 6.07) is 0. The number of aryl methyl sites for hydroxylation is 1. The Hall–Kier alpha value is -1.63. The molecule has 0 amide bonds. The fraction of sp³-hybridized carbons (Fsp3) is 0.727. The zero-order valence-electron chi connectivity index (χ0n) is 10.8. The van der Waals surface area contributed by atoms with Gasteiger partial charge in [-0.2, -0.15) is 0 Å². The van der Waals surface area contributed by atoms with Crippen LogP contribution in [0, 0.1) is 0 Å². The molecule has 0 aliphatic heterocycles. The zero-order chi connectivity index (χ0) is 13.5. The van der Waals surface area contributed by atoms with Crippen LogP contribution in [0.2, 0.25) is 0 Å². The lowest BCUT2D eigenvalue weighted by Gasteiger charge is -2.07. The van der Waals surface area contributed by atoms with Gasteiger partial charge in [0.15, 0.2) is 0 Å². The summed E-state index contributed by atoms with van der Waals surface area (Å²) in [5.74, 6) is 0.196. The van der Waals surface area contributed by atoms with Gasteiger partial charge in [0.05, 0.1) is 0 Å². The molecule has 1 aromatic rings. The largest absolute Gasteiger partial charge is 0.396 e. The number of nitrogens with zero attached hydrogens (tertiary/aromatic N) is 3.